The minimum atomic E-state index is -2.85. The van der Waals surface area contributed by atoms with Gasteiger partial charge in [-0.05, 0) is 32.9 Å². The molecule has 0 saturated heterocycles. The van der Waals surface area contributed by atoms with Crippen LogP contribution in [-0.2, 0) is 22.5 Å². The molecule has 0 aromatic rings. The topological polar surface area (TPSA) is 54.0 Å². The fourth-order valence-electron chi connectivity index (χ4n) is 1.47. The van der Waals surface area contributed by atoms with E-state index in [2.05, 4.69) is 0 Å². The summed E-state index contributed by atoms with van der Waals surface area (Å²) in [5.41, 5.74) is 0. The van der Waals surface area contributed by atoms with Crippen molar-refractivity contribution >= 4 is 16.2 Å². The van der Waals surface area contributed by atoms with Crippen LogP contribution in [0.4, 0.5) is 0 Å². The average molecular weight is 284 g/mol. The number of rotatable bonds is 10. The van der Waals surface area contributed by atoms with Gasteiger partial charge in [-0.25, -0.2) is 0 Å². The first-order valence-corrected chi connectivity index (χ1v) is 10.5. The Kier molecular flexibility index (Phi) is 8.54. The Balaban J connectivity index is 3.94. The molecule has 17 heavy (non-hydrogen) atoms. The van der Waals surface area contributed by atoms with E-state index in [-0.39, 0.29) is 0 Å². The Labute approximate surface area is 106 Å². The van der Waals surface area contributed by atoms with Gasteiger partial charge in [0.2, 0.25) is 0 Å². The van der Waals surface area contributed by atoms with Gasteiger partial charge >= 0.3 is 16.2 Å². The zero-order valence-corrected chi connectivity index (χ0v) is 13.4. The first-order valence-electron chi connectivity index (χ1n) is 5.95. The summed E-state index contributed by atoms with van der Waals surface area (Å²) in [4.78, 5) is 0. The second kappa shape index (κ2) is 8.40. The zero-order chi connectivity index (χ0) is 13.4. The molecule has 0 heterocycles. The lowest BCUT2D eigenvalue weighted by Gasteiger charge is -2.26. The van der Waals surface area contributed by atoms with Crippen molar-refractivity contribution in [2.45, 2.75) is 32.9 Å². The molecule has 5 nitrogen and oxygen atoms in total. The normalized spacial score (nSPS) is 15.8. The minimum absolute atomic E-state index is 0.407. The van der Waals surface area contributed by atoms with Crippen LogP contribution < -0.4 is 0 Å². The standard InChI is InChI=1S/C10H25O5PSi/c1-6-14-17(5,15-7-2)10-8-9-13-16(4,11)12-3/h6-10H2,1-5H3. The molecular formula is C10H25O5PSi. The predicted octanol–water partition coefficient (Wildman–Crippen LogP) is 3.01. The number of hydrogen-bond acceptors (Lipinski definition) is 5. The first-order chi connectivity index (χ1) is 7.89. The fraction of sp³-hybridized carbons (Fsp3) is 1.00. The minimum Gasteiger partial charge on any atom is -0.395 e. The molecule has 1 atom stereocenters. The molecule has 0 rings (SSSR count). The summed E-state index contributed by atoms with van der Waals surface area (Å²) < 4.78 is 32.8. The first kappa shape index (κ1) is 17.3. The lowest BCUT2D eigenvalue weighted by Crippen LogP contribution is -2.38. The second-order valence-electron chi connectivity index (χ2n) is 3.89. The van der Waals surface area contributed by atoms with Crippen LogP contribution in [-0.4, -0.2) is 42.2 Å². The summed E-state index contributed by atoms with van der Waals surface area (Å²) in [5.74, 6) is 0. The van der Waals surface area contributed by atoms with E-state index >= 15 is 0 Å². The fourth-order valence-corrected chi connectivity index (χ4v) is 4.42. The van der Waals surface area contributed by atoms with Crippen molar-refractivity contribution in [3.05, 3.63) is 0 Å². The Hall–Kier alpha value is 0.287. The highest BCUT2D eigenvalue weighted by Crippen LogP contribution is 2.42. The van der Waals surface area contributed by atoms with Gasteiger partial charge in [-0.2, -0.15) is 0 Å². The van der Waals surface area contributed by atoms with Gasteiger partial charge in [0.15, 0.2) is 0 Å². The van der Waals surface area contributed by atoms with Crippen LogP contribution in [0.25, 0.3) is 0 Å². The van der Waals surface area contributed by atoms with Gasteiger partial charge in [0.05, 0.1) is 6.61 Å². The molecule has 0 N–H and O–H groups in total. The van der Waals surface area contributed by atoms with E-state index in [0.29, 0.717) is 19.8 Å². The maximum absolute atomic E-state index is 11.5. The van der Waals surface area contributed by atoms with Crippen LogP contribution in [0.2, 0.25) is 12.6 Å². The van der Waals surface area contributed by atoms with E-state index < -0.39 is 16.2 Å². The lowest BCUT2D eigenvalue weighted by molar-refractivity contribution is 0.183. The van der Waals surface area contributed by atoms with Crippen molar-refractivity contribution in [2.24, 2.45) is 0 Å². The molecule has 0 aromatic heterocycles. The largest absolute Gasteiger partial charge is 0.395 e. The molecule has 0 aromatic carbocycles. The van der Waals surface area contributed by atoms with E-state index in [1.54, 1.807) is 0 Å². The molecular weight excluding hydrogens is 259 g/mol. The van der Waals surface area contributed by atoms with Crippen molar-refractivity contribution in [3.8, 4) is 0 Å². The predicted molar refractivity (Wildman–Crippen MR) is 70.8 cm³/mol. The quantitative estimate of drug-likeness (QED) is 0.351. The summed E-state index contributed by atoms with van der Waals surface area (Å²) in [6.45, 7) is 9.17. The highest BCUT2D eigenvalue weighted by molar-refractivity contribution is 7.52. The Morgan fingerprint density at radius 3 is 2.12 bits per heavy atom. The van der Waals surface area contributed by atoms with Crippen molar-refractivity contribution in [3.63, 3.8) is 0 Å². The van der Waals surface area contributed by atoms with Gasteiger partial charge < -0.3 is 17.9 Å². The van der Waals surface area contributed by atoms with Crippen molar-refractivity contribution < 1.29 is 22.5 Å². The van der Waals surface area contributed by atoms with Crippen molar-refractivity contribution in [2.75, 3.05) is 33.6 Å². The molecule has 0 aliphatic rings. The lowest BCUT2D eigenvalue weighted by atomic mass is 10.5. The Morgan fingerprint density at radius 2 is 1.71 bits per heavy atom. The second-order valence-corrected chi connectivity index (χ2v) is 9.40. The molecule has 0 fully saturated rings. The third-order valence-corrected chi connectivity index (χ3v) is 6.71. The highest BCUT2D eigenvalue weighted by Gasteiger charge is 2.30. The van der Waals surface area contributed by atoms with Crippen molar-refractivity contribution in [1.82, 2.24) is 0 Å². The highest BCUT2D eigenvalue weighted by atomic mass is 31.2. The molecule has 0 spiro atoms. The molecule has 0 bridgehead atoms. The number of hydrogen-bond donors (Lipinski definition) is 0. The van der Waals surface area contributed by atoms with Crippen LogP contribution in [0, 0.1) is 0 Å². The molecule has 0 aliphatic heterocycles. The van der Waals surface area contributed by atoms with Gasteiger partial charge in [0.25, 0.3) is 0 Å². The monoisotopic (exact) mass is 284 g/mol. The van der Waals surface area contributed by atoms with Gasteiger partial charge in [-0.3, -0.25) is 4.57 Å². The van der Waals surface area contributed by atoms with Gasteiger partial charge in [-0.1, -0.05) is 0 Å². The molecule has 7 heteroatoms. The van der Waals surface area contributed by atoms with Crippen LogP contribution in [0.5, 0.6) is 0 Å². The zero-order valence-electron chi connectivity index (χ0n) is 11.5. The summed E-state index contributed by atoms with van der Waals surface area (Å²) in [5, 5.41) is 0. The van der Waals surface area contributed by atoms with Gasteiger partial charge in [0.1, 0.15) is 0 Å². The van der Waals surface area contributed by atoms with Crippen LogP contribution in [0.3, 0.4) is 0 Å². The van der Waals surface area contributed by atoms with Crippen molar-refractivity contribution in [1.29, 1.82) is 0 Å². The van der Waals surface area contributed by atoms with E-state index in [1.165, 1.54) is 13.8 Å². The van der Waals surface area contributed by atoms with Crippen LogP contribution in [0.1, 0.15) is 20.3 Å². The van der Waals surface area contributed by atoms with E-state index in [4.69, 9.17) is 17.9 Å². The van der Waals surface area contributed by atoms with E-state index in [1.807, 2.05) is 20.4 Å². The average Bonchev–Trinajstić information content (AvgIpc) is 2.25. The van der Waals surface area contributed by atoms with Crippen LogP contribution >= 0.6 is 7.60 Å². The molecule has 0 aliphatic carbocycles. The molecule has 104 valence electrons. The Bertz CT molecular complexity index is 243. The van der Waals surface area contributed by atoms with E-state index in [0.717, 1.165) is 12.5 Å². The SMILES string of the molecule is CCO[Si](C)(CCCOP(C)(=O)OC)OCC. The molecule has 0 saturated carbocycles. The summed E-state index contributed by atoms with van der Waals surface area (Å²) in [7, 11) is -3.53. The third kappa shape index (κ3) is 8.08. The Morgan fingerprint density at radius 1 is 1.18 bits per heavy atom. The van der Waals surface area contributed by atoms with Crippen LogP contribution in [0.15, 0.2) is 0 Å². The van der Waals surface area contributed by atoms with Gasteiger partial charge in [-0.15, -0.1) is 0 Å². The summed E-state index contributed by atoms with van der Waals surface area (Å²) in [6.07, 6.45) is 0.768. The molecule has 1 unspecified atom stereocenters. The van der Waals surface area contributed by atoms with E-state index in [9.17, 15) is 4.57 Å². The smallest absolute Gasteiger partial charge is 0.334 e. The maximum atomic E-state index is 11.5. The molecule has 0 radical (unpaired) electrons. The third-order valence-electron chi connectivity index (χ3n) is 2.33. The maximum Gasteiger partial charge on any atom is 0.334 e. The molecule has 0 amide bonds. The summed E-state index contributed by atoms with van der Waals surface area (Å²) >= 11 is 0. The summed E-state index contributed by atoms with van der Waals surface area (Å²) in [6, 6.07) is 0.832. The van der Waals surface area contributed by atoms with Gasteiger partial charge in [0, 0.05) is 27.0 Å².